The molecule has 0 unspecified atom stereocenters. The molecular formula is C16H14ClN5O3. The topological polar surface area (TPSA) is 113 Å². The van der Waals surface area contributed by atoms with Gasteiger partial charge in [0.15, 0.2) is 0 Å². The number of aromatic nitrogens is 3. The number of halogens is 1. The monoisotopic (exact) mass is 359 g/mol. The van der Waals surface area contributed by atoms with Crippen molar-refractivity contribution in [2.24, 2.45) is 0 Å². The molecule has 0 bridgehead atoms. The molecule has 128 valence electrons. The van der Waals surface area contributed by atoms with Crippen LogP contribution >= 0.6 is 11.6 Å². The standard InChI is InChI=1S/C16H14ClN5O3/c17-11-5-3-10(4-6-11)15-19-14(25-22-15)8-7-13(23)20-21-16(24)12-2-1-9-18-12/h1-6,9,18H,7-8H2,(H,20,23)(H,21,24). The van der Waals surface area contributed by atoms with E-state index in [1.54, 1.807) is 42.6 Å². The zero-order chi connectivity index (χ0) is 17.6. The van der Waals surface area contributed by atoms with Crippen molar-refractivity contribution < 1.29 is 14.1 Å². The Morgan fingerprint density at radius 2 is 1.96 bits per heavy atom. The van der Waals surface area contributed by atoms with E-state index in [4.69, 9.17) is 16.1 Å². The summed E-state index contributed by atoms with van der Waals surface area (Å²) in [6.07, 6.45) is 1.96. The maximum Gasteiger partial charge on any atom is 0.286 e. The summed E-state index contributed by atoms with van der Waals surface area (Å²) < 4.78 is 5.12. The van der Waals surface area contributed by atoms with Gasteiger partial charge in [-0.05, 0) is 36.4 Å². The normalized spacial score (nSPS) is 10.4. The molecule has 0 radical (unpaired) electrons. The summed E-state index contributed by atoms with van der Waals surface area (Å²) in [7, 11) is 0. The van der Waals surface area contributed by atoms with Crippen molar-refractivity contribution in [2.45, 2.75) is 12.8 Å². The van der Waals surface area contributed by atoms with Gasteiger partial charge in [-0.1, -0.05) is 16.8 Å². The molecule has 0 saturated heterocycles. The number of rotatable bonds is 5. The third-order valence-corrected chi connectivity index (χ3v) is 3.55. The lowest BCUT2D eigenvalue weighted by Crippen LogP contribution is -2.41. The average Bonchev–Trinajstić information content (AvgIpc) is 3.30. The number of carbonyl (C=O) groups excluding carboxylic acids is 2. The Labute approximate surface area is 147 Å². The molecule has 3 aromatic rings. The number of aryl methyl sites for hydroxylation is 1. The summed E-state index contributed by atoms with van der Waals surface area (Å²) in [5.74, 6) is -0.0461. The van der Waals surface area contributed by atoms with E-state index >= 15 is 0 Å². The number of carbonyl (C=O) groups is 2. The Morgan fingerprint density at radius 3 is 2.68 bits per heavy atom. The summed E-state index contributed by atoms with van der Waals surface area (Å²) in [6, 6.07) is 10.3. The molecule has 2 aromatic heterocycles. The Hall–Kier alpha value is -3.13. The minimum atomic E-state index is -0.429. The van der Waals surface area contributed by atoms with E-state index in [-0.39, 0.29) is 18.7 Å². The Bertz CT molecular complexity index is 858. The predicted molar refractivity (Wildman–Crippen MR) is 89.5 cm³/mol. The average molecular weight is 360 g/mol. The van der Waals surface area contributed by atoms with Crippen molar-refractivity contribution in [3.8, 4) is 11.4 Å². The number of H-pyrrole nitrogens is 1. The first-order valence-electron chi connectivity index (χ1n) is 7.43. The van der Waals surface area contributed by atoms with Crippen LogP contribution in [-0.2, 0) is 11.2 Å². The SMILES string of the molecule is O=C(CCc1nc(-c2ccc(Cl)cc2)no1)NNC(=O)c1ccc[nH]1. The number of hydrazine groups is 1. The molecular weight excluding hydrogens is 346 g/mol. The Morgan fingerprint density at radius 1 is 1.16 bits per heavy atom. The highest BCUT2D eigenvalue weighted by molar-refractivity contribution is 6.30. The highest BCUT2D eigenvalue weighted by atomic mass is 35.5. The number of hydrogen-bond donors (Lipinski definition) is 3. The molecule has 0 atom stereocenters. The molecule has 2 amide bonds. The molecule has 2 heterocycles. The van der Waals surface area contributed by atoms with Crippen LogP contribution in [0.5, 0.6) is 0 Å². The molecule has 25 heavy (non-hydrogen) atoms. The van der Waals surface area contributed by atoms with Crippen molar-refractivity contribution in [1.29, 1.82) is 0 Å². The third-order valence-electron chi connectivity index (χ3n) is 3.29. The zero-order valence-corrected chi connectivity index (χ0v) is 13.7. The van der Waals surface area contributed by atoms with Crippen LogP contribution in [0, 0.1) is 0 Å². The molecule has 0 aliphatic rings. The Kier molecular flexibility index (Phi) is 5.10. The van der Waals surface area contributed by atoms with Gasteiger partial charge in [-0.2, -0.15) is 4.98 Å². The van der Waals surface area contributed by atoms with Gasteiger partial charge in [0.1, 0.15) is 5.69 Å². The second-order valence-corrected chi connectivity index (χ2v) is 5.54. The number of nitrogens with one attached hydrogen (secondary N) is 3. The van der Waals surface area contributed by atoms with Gasteiger partial charge in [0.2, 0.25) is 17.6 Å². The van der Waals surface area contributed by atoms with Crippen molar-refractivity contribution in [2.75, 3.05) is 0 Å². The summed E-state index contributed by atoms with van der Waals surface area (Å²) in [5.41, 5.74) is 5.75. The number of hydrogen-bond acceptors (Lipinski definition) is 5. The fraction of sp³-hybridized carbons (Fsp3) is 0.125. The van der Waals surface area contributed by atoms with E-state index < -0.39 is 5.91 Å². The van der Waals surface area contributed by atoms with Crippen LogP contribution < -0.4 is 10.9 Å². The molecule has 9 heteroatoms. The zero-order valence-electron chi connectivity index (χ0n) is 13.0. The summed E-state index contributed by atoms with van der Waals surface area (Å²) in [5, 5.41) is 4.48. The number of nitrogens with zero attached hydrogens (tertiary/aromatic N) is 2. The van der Waals surface area contributed by atoms with E-state index in [9.17, 15) is 9.59 Å². The van der Waals surface area contributed by atoms with Gasteiger partial charge in [0.05, 0.1) is 0 Å². The number of benzene rings is 1. The lowest BCUT2D eigenvalue weighted by Gasteiger charge is -2.05. The highest BCUT2D eigenvalue weighted by Crippen LogP contribution is 2.18. The van der Waals surface area contributed by atoms with Gasteiger partial charge in [0.25, 0.3) is 5.91 Å². The molecule has 1 aromatic carbocycles. The van der Waals surface area contributed by atoms with Crippen LogP contribution in [0.25, 0.3) is 11.4 Å². The van der Waals surface area contributed by atoms with E-state index in [2.05, 4.69) is 26.0 Å². The lowest BCUT2D eigenvalue weighted by molar-refractivity contribution is -0.121. The second kappa shape index (κ2) is 7.63. The summed E-state index contributed by atoms with van der Waals surface area (Å²) in [6.45, 7) is 0. The first-order chi connectivity index (χ1) is 12.1. The fourth-order valence-electron chi connectivity index (χ4n) is 2.02. The van der Waals surface area contributed by atoms with Crippen LogP contribution in [0.1, 0.15) is 22.8 Å². The first kappa shape index (κ1) is 16.7. The molecule has 0 aliphatic heterocycles. The van der Waals surface area contributed by atoms with E-state index in [0.29, 0.717) is 22.4 Å². The van der Waals surface area contributed by atoms with Crippen LogP contribution in [-0.4, -0.2) is 26.9 Å². The maximum absolute atomic E-state index is 11.8. The number of amides is 2. The first-order valence-corrected chi connectivity index (χ1v) is 7.81. The molecule has 0 fully saturated rings. The second-order valence-electron chi connectivity index (χ2n) is 5.10. The van der Waals surface area contributed by atoms with Gasteiger partial charge in [-0.15, -0.1) is 0 Å². The molecule has 0 aliphatic carbocycles. The van der Waals surface area contributed by atoms with Gasteiger partial charge in [0, 0.05) is 29.6 Å². The molecule has 3 N–H and O–H groups in total. The van der Waals surface area contributed by atoms with Crippen molar-refractivity contribution in [1.82, 2.24) is 26.0 Å². The van der Waals surface area contributed by atoms with Crippen LogP contribution in [0.3, 0.4) is 0 Å². The van der Waals surface area contributed by atoms with E-state index in [1.807, 2.05) is 0 Å². The van der Waals surface area contributed by atoms with Crippen LogP contribution in [0.4, 0.5) is 0 Å². The largest absolute Gasteiger partial charge is 0.357 e. The highest BCUT2D eigenvalue weighted by Gasteiger charge is 2.12. The molecule has 0 saturated carbocycles. The van der Waals surface area contributed by atoms with Crippen molar-refractivity contribution in [3.05, 3.63) is 59.2 Å². The van der Waals surface area contributed by atoms with Crippen molar-refractivity contribution >= 4 is 23.4 Å². The van der Waals surface area contributed by atoms with E-state index in [1.165, 1.54) is 0 Å². The smallest absolute Gasteiger partial charge is 0.286 e. The van der Waals surface area contributed by atoms with E-state index in [0.717, 1.165) is 5.56 Å². The van der Waals surface area contributed by atoms with Gasteiger partial charge >= 0.3 is 0 Å². The third kappa shape index (κ3) is 4.45. The summed E-state index contributed by atoms with van der Waals surface area (Å²) in [4.78, 5) is 30.4. The molecule has 8 nitrogen and oxygen atoms in total. The fourth-order valence-corrected chi connectivity index (χ4v) is 2.15. The molecule has 3 rings (SSSR count). The minimum absolute atomic E-state index is 0.0905. The van der Waals surface area contributed by atoms with Crippen LogP contribution in [0.2, 0.25) is 5.02 Å². The van der Waals surface area contributed by atoms with Gasteiger partial charge < -0.3 is 9.51 Å². The lowest BCUT2D eigenvalue weighted by atomic mass is 10.2. The van der Waals surface area contributed by atoms with Gasteiger partial charge in [-0.25, -0.2) is 0 Å². The number of aromatic amines is 1. The molecule has 0 spiro atoms. The van der Waals surface area contributed by atoms with Crippen molar-refractivity contribution in [3.63, 3.8) is 0 Å². The maximum atomic E-state index is 11.8. The predicted octanol–water partition coefficient (Wildman–Crippen LogP) is 2.11. The quantitative estimate of drug-likeness (QED) is 0.604. The minimum Gasteiger partial charge on any atom is -0.357 e. The van der Waals surface area contributed by atoms with Gasteiger partial charge in [-0.3, -0.25) is 20.4 Å². The van der Waals surface area contributed by atoms with Crippen LogP contribution in [0.15, 0.2) is 47.1 Å². The Balaban J connectivity index is 1.48. The summed E-state index contributed by atoms with van der Waals surface area (Å²) >= 11 is 5.83.